The molecule has 2 heterocycles. The Morgan fingerprint density at radius 1 is 1.25 bits per heavy atom. The Bertz CT molecular complexity index is 940. The zero-order chi connectivity index (χ0) is 17.6. The number of pyridine rings is 1. The van der Waals surface area contributed by atoms with Gasteiger partial charge >= 0.3 is 0 Å². The van der Waals surface area contributed by atoms with Gasteiger partial charge in [-0.2, -0.15) is 0 Å². The largest absolute Gasteiger partial charge is 0.506 e. The second-order valence-electron chi connectivity index (χ2n) is 6.06. The van der Waals surface area contributed by atoms with Crippen molar-refractivity contribution in [1.82, 2.24) is 4.57 Å². The summed E-state index contributed by atoms with van der Waals surface area (Å²) in [6.45, 7) is 4.89. The third-order valence-corrected chi connectivity index (χ3v) is 4.05. The predicted octanol–water partition coefficient (Wildman–Crippen LogP) is 3.01. The maximum absolute atomic E-state index is 12.3. The highest BCUT2D eigenvalue weighted by atomic mass is 16.6. The maximum atomic E-state index is 12.3. The number of nitro benzene ring substituents is 1. The number of nitrogens with zero attached hydrogens (tertiary/aromatic N) is 2. The Labute approximate surface area is 137 Å². The highest BCUT2D eigenvalue weighted by molar-refractivity contribution is 5.79. The van der Waals surface area contributed by atoms with E-state index in [1.807, 2.05) is 0 Å². The molecule has 7 heteroatoms. The van der Waals surface area contributed by atoms with Crippen molar-refractivity contribution in [2.75, 3.05) is 0 Å². The molecule has 2 aromatic rings. The summed E-state index contributed by atoms with van der Waals surface area (Å²) in [6.07, 6.45) is 1.51. The van der Waals surface area contributed by atoms with Crippen molar-refractivity contribution >= 4 is 11.4 Å². The number of aliphatic hydroxyl groups is 1. The second-order valence-corrected chi connectivity index (χ2v) is 6.06. The molecule has 24 heavy (non-hydrogen) atoms. The first-order chi connectivity index (χ1) is 11.2. The lowest BCUT2D eigenvalue weighted by Crippen LogP contribution is -2.37. The lowest BCUT2D eigenvalue weighted by Gasteiger charge is -2.34. The number of aliphatic hydroxyl groups excluding tert-OH is 1. The van der Waals surface area contributed by atoms with Crippen molar-refractivity contribution in [2.45, 2.75) is 26.4 Å². The number of fused-ring (bicyclic) bond motifs is 1. The molecule has 124 valence electrons. The molecule has 0 atom stereocenters. The molecule has 1 aromatic carbocycles. The SMILES string of the molecule is Cc1c([N+](=O)[O-])ccc2c1C(n1ccccc1=O)=C(O)C(C)(C)O2. The van der Waals surface area contributed by atoms with Gasteiger partial charge in [-0.3, -0.25) is 19.5 Å². The van der Waals surface area contributed by atoms with Gasteiger partial charge in [-0.15, -0.1) is 0 Å². The zero-order valence-electron chi connectivity index (χ0n) is 13.4. The number of ether oxygens (including phenoxy) is 1. The number of aromatic nitrogens is 1. The Balaban J connectivity index is 2.43. The average Bonchev–Trinajstić information content (AvgIpc) is 2.50. The predicted molar refractivity (Wildman–Crippen MR) is 88.2 cm³/mol. The van der Waals surface area contributed by atoms with Crippen LogP contribution in [0.15, 0.2) is 47.1 Å². The third-order valence-electron chi connectivity index (χ3n) is 4.05. The van der Waals surface area contributed by atoms with Gasteiger partial charge in [0.05, 0.1) is 10.5 Å². The fraction of sp³-hybridized carbons (Fsp3) is 0.235. The summed E-state index contributed by atoms with van der Waals surface area (Å²) in [4.78, 5) is 23.0. The molecular weight excluding hydrogens is 312 g/mol. The van der Waals surface area contributed by atoms with Crippen LogP contribution in [0.4, 0.5) is 5.69 Å². The first-order valence-electron chi connectivity index (χ1n) is 7.33. The van der Waals surface area contributed by atoms with E-state index in [1.54, 1.807) is 32.9 Å². The summed E-state index contributed by atoms with van der Waals surface area (Å²) < 4.78 is 7.07. The van der Waals surface area contributed by atoms with E-state index in [1.165, 1.54) is 29.0 Å². The van der Waals surface area contributed by atoms with Crippen molar-refractivity contribution in [3.05, 3.63) is 73.9 Å². The van der Waals surface area contributed by atoms with Gasteiger partial charge in [0, 0.05) is 23.9 Å². The minimum atomic E-state index is -1.07. The van der Waals surface area contributed by atoms with Gasteiger partial charge in [-0.25, -0.2) is 0 Å². The molecule has 0 unspecified atom stereocenters. The zero-order valence-corrected chi connectivity index (χ0v) is 13.4. The van der Waals surface area contributed by atoms with Crippen LogP contribution < -0.4 is 10.3 Å². The monoisotopic (exact) mass is 328 g/mol. The maximum Gasteiger partial charge on any atom is 0.273 e. The topological polar surface area (TPSA) is 94.6 Å². The summed E-state index contributed by atoms with van der Waals surface area (Å²) in [7, 11) is 0. The van der Waals surface area contributed by atoms with Crippen LogP contribution in [0.2, 0.25) is 0 Å². The van der Waals surface area contributed by atoms with E-state index in [0.717, 1.165) is 0 Å². The van der Waals surface area contributed by atoms with Gasteiger partial charge in [-0.1, -0.05) is 6.07 Å². The number of rotatable bonds is 2. The molecule has 1 aromatic heterocycles. The van der Waals surface area contributed by atoms with Crippen LogP contribution in [0.5, 0.6) is 5.75 Å². The van der Waals surface area contributed by atoms with E-state index < -0.39 is 10.5 Å². The van der Waals surface area contributed by atoms with Gasteiger partial charge in [0.25, 0.3) is 11.2 Å². The van der Waals surface area contributed by atoms with Crippen LogP contribution >= 0.6 is 0 Å². The van der Waals surface area contributed by atoms with Crippen LogP contribution in [0.1, 0.15) is 25.0 Å². The van der Waals surface area contributed by atoms with Gasteiger partial charge < -0.3 is 9.84 Å². The molecule has 0 bridgehead atoms. The van der Waals surface area contributed by atoms with E-state index in [4.69, 9.17) is 4.74 Å². The quantitative estimate of drug-likeness (QED) is 0.675. The van der Waals surface area contributed by atoms with Crippen LogP contribution in [0, 0.1) is 17.0 Å². The second kappa shape index (κ2) is 5.23. The van der Waals surface area contributed by atoms with E-state index in [9.17, 15) is 20.0 Å². The Morgan fingerprint density at radius 3 is 2.58 bits per heavy atom. The molecule has 1 aliphatic rings. The van der Waals surface area contributed by atoms with Crippen molar-refractivity contribution in [1.29, 1.82) is 0 Å². The Morgan fingerprint density at radius 2 is 1.96 bits per heavy atom. The molecule has 1 aliphatic heterocycles. The van der Waals surface area contributed by atoms with Crippen molar-refractivity contribution in [2.24, 2.45) is 0 Å². The summed E-state index contributed by atoms with van der Waals surface area (Å²) in [5.74, 6) is 0.221. The summed E-state index contributed by atoms with van der Waals surface area (Å²) in [5, 5.41) is 21.9. The molecule has 0 aliphatic carbocycles. The number of nitro groups is 1. The molecule has 0 spiro atoms. The smallest absolute Gasteiger partial charge is 0.273 e. The highest BCUT2D eigenvalue weighted by Gasteiger charge is 2.38. The average molecular weight is 328 g/mol. The number of benzene rings is 1. The molecule has 1 N–H and O–H groups in total. The number of hydrogen-bond donors (Lipinski definition) is 1. The van der Waals surface area contributed by atoms with E-state index in [2.05, 4.69) is 0 Å². The number of hydrogen-bond acceptors (Lipinski definition) is 5. The molecule has 0 saturated heterocycles. The van der Waals surface area contributed by atoms with Gasteiger partial charge in [0.2, 0.25) is 0 Å². The molecule has 0 saturated carbocycles. The van der Waals surface area contributed by atoms with Gasteiger partial charge in [-0.05, 0) is 32.9 Å². The van der Waals surface area contributed by atoms with Crippen LogP contribution in [0.25, 0.3) is 5.70 Å². The summed E-state index contributed by atoms with van der Waals surface area (Å²) >= 11 is 0. The molecule has 0 radical (unpaired) electrons. The first-order valence-corrected chi connectivity index (χ1v) is 7.33. The standard InChI is InChI=1S/C17H16N2O5/c1-10-11(19(22)23)7-8-12-14(10)15(16(21)17(2,3)24-12)18-9-5-4-6-13(18)20/h4-9,21H,1-3H3. The molecule has 7 nitrogen and oxygen atoms in total. The van der Waals surface area contributed by atoms with Crippen LogP contribution in [-0.4, -0.2) is 20.2 Å². The molecule has 0 amide bonds. The Kier molecular flexibility index (Phi) is 3.44. The fourth-order valence-electron chi connectivity index (χ4n) is 2.83. The lowest BCUT2D eigenvalue weighted by atomic mass is 9.93. The summed E-state index contributed by atoms with van der Waals surface area (Å²) in [5.41, 5.74) is -0.659. The van der Waals surface area contributed by atoms with Crippen LogP contribution in [0.3, 0.4) is 0 Å². The third kappa shape index (κ3) is 2.25. The normalized spacial score (nSPS) is 15.6. The summed E-state index contributed by atoms with van der Waals surface area (Å²) in [6, 6.07) is 7.44. The van der Waals surface area contributed by atoms with Gasteiger partial charge in [0.15, 0.2) is 11.4 Å². The minimum absolute atomic E-state index is 0.105. The van der Waals surface area contributed by atoms with E-state index in [-0.39, 0.29) is 22.7 Å². The van der Waals surface area contributed by atoms with Gasteiger partial charge in [0.1, 0.15) is 11.4 Å². The fourth-order valence-corrected chi connectivity index (χ4v) is 2.83. The molecule has 3 rings (SSSR count). The van der Waals surface area contributed by atoms with Crippen molar-refractivity contribution < 1.29 is 14.8 Å². The van der Waals surface area contributed by atoms with Crippen molar-refractivity contribution in [3.63, 3.8) is 0 Å². The Hall–Kier alpha value is -3.09. The molecule has 0 fully saturated rings. The van der Waals surface area contributed by atoms with Crippen molar-refractivity contribution in [3.8, 4) is 5.75 Å². The molecular formula is C17H16N2O5. The first kappa shape index (κ1) is 15.8. The van der Waals surface area contributed by atoms with E-state index >= 15 is 0 Å². The van der Waals surface area contributed by atoms with E-state index in [0.29, 0.717) is 16.9 Å². The minimum Gasteiger partial charge on any atom is -0.506 e. The lowest BCUT2D eigenvalue weighted by molar-refractivity contribution is -0.385. The van der Waals surface area contributed by atoms with Crippen LogP contribution in [-0.2, 0) is 0 Å². The highest BCUT2D eigenvalue weighted by Crippen LogP contribution is 2.43.